The van der Waals surface area contributed by atoms with Gasteiger partial charge in [-0.25, -0.2) is 0 Å². The Morgan fingerprint density at radius 3 is 2.71 bits per heavy atom. The molecule has 4 aromatic rings. The number of fused-ring (bicyclic) bond motifs is 2. The van der Waals surface area contributed by atoms with Crippen LogP contribution in [0.2, 0.25) is 0 Å². The molecule has 0 atom stereocenters. The van der Waals surface area contributed by atoms with Crippen molar-refractivity contribution in [1.29, 1.82) is 0 Å². The molecule has 2 aromatic heterocycles. The average molecular weight is 317 g/mol. The van der Waals surface area contributed by atoms with Crippen molar-refractivity contribution < 1.29 is 5.11 Å². The highest BCUT2D eigenvalue weighted by atomic mass is 16.3. The first-order valence-corrected chi connectivity index (χ1v) is 8.07. The molecule has 0 unspecified atom stereocenters. The van der Waals surface area contributed by atoms with Crippen molar-refractivity contribution in [3.63, 3.8) is 0 Å². The number of aryl methyl sites for hydroxylation is 1. The Kier molecular flexibility index (Phi) is 3.58. The molecule has 120 valence electrons. The number of aromatic amines is 1. The molecule has 0 aliphatic heterocycles. The molecule has 0 saturated carbocycles. The molecule has 2 N–H and O–H groups in total. The van der Waals surface area contributed by atoms with Crippen LogP contribution in [-0.2, 0) is 13.5 Å². The standard InChI is InChI=1S/C20H19N3O/c1-23-19-9-5-3-7-16(19)17(20(23)24)13-21-11-10-14-12-22-18-8-4-2-6-15(14)18/h2-9,12-13,22,24H,10-11H2,1H3. The van der Waals surface area contributed by atoms with E-state index < -0.39 is 0 Å². The van der Waals surface area contributed by atoms with E-state index in [1.807, 2.05) is 37.4 Å². The maximum atomic E-state index is 10.3. The summed E-state index contributed by atoms with van der Waals surface area (Å²) in [6.45, 7) is 0.685. The van der Waals surface area contributed by atoms with Crippen LogP contribution in [0, 0.1) is 0 Å². The number of aromatic hydroxyl groups is 1. The molecule has 0 saturated heterocycles. The molecule has 0 radical (unpaired) electrons. The summed E-state index contributed by atoms with van der Waals surface area (Å²) in [6.07, 6.45) is 4.70. The highest BCUT2D eigenvalue weighted by Gasteiger charge is 2.11. The monoisotopic (exact) mass is 317 g/mol. The van der Waals surface area contributed by atoms with E-state index in [2.05, 4.69) is 34.4 Å². The van der Waals surface area contributed by atoms with E-state index in [-0.39, 0.29) is 5.88 Å². The number of hydrogen-bond donors (Lipinski definition) is 2. The van der Waals surface area contributed by atoms with Crippen molar-refractivity contribution in [2.24, 2.45) is 12.0 Å². The average Bonchev–Trinajstić information content (AvgIpc) is 3.13. The number of nitrogens with one attached hydrogen (secondary N) is 1. The summed E-state index contributed by atoms with van der Waals surface area (Å²) in [4.78, 5) is 7.82. The summed E-state index contributed by atoms with van der Waals surface area (Å²) in [5.74, 6) is 0.257. The van der Waals surface area contributed by atoms with Crippen molar-refractivity contribution >= 4 is 28.0 Å². The molecule has 4 heteroatoms. The smallest absolute Gasteiger partial charge is 0.200 e. The zero-order chi connectivity index (χ0) is 16.5. The van der Waals surface area contributed by atoms with Crippen LogP contribution in [0.25, 0.3) is 21.8 Å². The largest absolute Gasteiger partial charge is 0.494 e. The zero-order valence-electron chi connectivity index (χ0n) is 13.5. The fraction of sp³-hybridized carbons (Fsp3) is 0.150. The second-order valence-corrected chi connectivity index (χ2v) is 5.96. The highest BCUT2D eigenvalue weighted by molar-refractivity contribution is 6.02. The second kappa shape index (κ2) is 5.89. The van der Waals surface area contributed by atoms with E-state index in [0.29, 0.717) is 6.54 Å². The van der Waals surface area contributed by atoms with Crippen molar-refractivity contribution in [2.75, 3.05) is 6.54 Å². The Morgan fingerprint density at radius 2 is 1.83 bits per heavy atom. The Hall–Kier alpha value is -3.01. The maximum Gasteiger partial charge on any atom is 0.200 e. The molecule has 2 aromatic carbocycles. The number of para-hydroxylation sites is 2. The van der Waals surface area contributed by atoms with Crippen LogP contribution in [0.3, 0.4) is 0 Å². The molecule has 0 aliphatic rings. The van der Waals surface area contributed by atoms with Crippen molar-refractivity contribution in [3.05, 3.63) is 65.9 Å². The highest BCUT2D eigenvalue weighted by Crippen LogP contribution is 2.28. The van der Waals surface area contributed by atoms with Crippen molar-refractivity contribution in [1.82, 2.24) is 9.55 Å². The lowest BCUT2D eigenvalue weighted by Gasteiger charge is -1.97. The van der Waals surface area contributed by atoms with E-state index in [1.54, 1.807) is 10.8 Å². The van der Waals surface area contributed by atoms with Gasteiger partial charge in [0.1, 0.15) is 0 Å². The summed E-state index contributed by atoms with van der Waals surface area (Å²) < 4.78 is 1.79. The Morgan fingerprint density at radius 1 is 1.08 bits per heavy atom. The zero-order valence-corrected chi connectivity index (χ0v) is 13.5. The van der Waals surface area contributed by atoms with Gasteiger partial charge in [0.05, 0.1) is 11.1 Å². The molecule has 4 nitrogen and oxygen atoms in total. The first kappa shape index (κ1) is 14.6. The van der Waals surface area contributed by atoms with Gasteiger partial charge in [-0.2, -0.15) is 0 Å². The van der Waals surface area contributed by atoms with Crippen LogP contribution >= 0.6 is 0 Å². The van der Waals surface area contributed by atoms with Crippen LogP contribution in [0.15, 0.2) is 59.7 Å². The molecule has 2 heterocycles. The minimum atomic E-state index is 0.257. The quantitative estimate of drug-likeness (QED) is 0.549. The molecule has 0 aliphatic carbocycles. The molecule has 24 heavy (non-hydrogen) atoms. The lowest BCUT2D eigenvalue weighted by molar-refractivity contribution is 0.434. The van der Waals surface area contributed by atoms with Gasteiger partial charge in [0.15, 0.2) is 0 Å². The first-order chi connectivity index (χ1) is 11.8. The van der Waals surface area contributed by atoms with E-state index in [1.165, 1.54) is 10.9 Å². The number of H-pyrrole nitrogens is 1. The Bertz CT molecular complexity index is 1040. The summed E-state index contributed by atoms with van der Waals surface area (Å²) in [5.41, 5.74) is 4.22. The normalized spacial score (nSPS) is 11.9. The van der Waals surface area contributed by atoms with E-state index in [4.69, 9.17) is 0 Å². The van der Waals surface area contributed by atoms with Crippen LogP contribution in [0.1, 0.15) is 11.1 Å². The number of benzene rings is 2. The molecule has 0 fully saturated rings. The van der Waals surface area contributed by atoms with Gasteiger partial charge in [0, 0.05) is 42.3 Å². The summed E-state index contributed by atoms with van der Waals surface area (Å²) in [6, 6.07) is 16.2. The SMILES string of the molecule is Cn1c(O)c(C=NCCc2c[nH]c3ccccc23)c2ccccc21. The second-order valence-electron chi connectivity index (χ2n) is 5.96. The third-order valence-corrected chi connectivity index (χ3v) is 4.52. The minimum absolute atomic E-state index is 0.257. The van der Waals surface area contributed by atoms with Gasteiger partial charge < -0.3 is 14.7 Å². The van der Waals surface area contributed by atoms with Gasteiger partial charge in [0.2, 0.25) is 5.88 Å². The fourth-order valence-electron chi connectivity index (χ4n) is 3.22. The van der Waals surface area contributed by atoms with Gasteiger partial charge >= 0.3 is 0 Å². The predicted octanol–water partition coefficient (Wildman–Crippen LogP) is 4.03. The third kappa shape index (κ3) is 2.36. The molecule has 4 rings (SSSR count). The van der Waals surface area contributed by atoms with Crippen LogP contribution in [0.5, 0.6) is 5.88 Å². The summed E-state index contributed by atoms with van der Waals surface area (Å²) in [7, 11) is 1.86. The third-order valence-electron chi connectivity index (χ3n) is 4.52. The summed E-state index contributed by atoms with van der Waals surface area (Å²) >= 11 is 0. The molecular weight excluding hydrogens is 298 g/mol. The van der Waals surface area contributed by atoms with E-state index in [9.17, 15) is 5.11 Å². The van der Waals surface area contributed by atoms with Crippen LogP contribution in [0.4, 0.5) is 0 Å². The summed E-state index contributed by atoms with van der Waals surface area (Å²) in [5, 5.41) is 12.6. The predicted molar refractivity (Wildman–Crippen MR) is 99.0 cm³/mol. The molecule has 0 bridgehead atoms. The van der Waals surface area contributed by atoms with E-state index >= 15 is 0 Å². The van der Waals surface area contributed by atoms with Gasteiger partial charge in [-0.1, -0.05) is 36.4 Å². The Labute approximate surface area is 140 Å². The Balaban J connectivity index is 1.55. The lowest BCUT2D eigenvalue weighted by Crippen LogP contribution is -1.90. The van der Waals surface area contributed by atoms with Gasteiger partial charge in [0.25, 0.3) is 0 Å². The van der Waals surface area contributed by atoms with Crippen molar-refractivity contribution in [2.45, 2.75) is 6.42 Å². The number of hydrogen-bond acceptors (Lipinski definition) is 2. The first-order valence-electron chi connectivity index (χ1n) is 8.07. The number of aliphatic imine (C=N–C) groups is 1. The molecule has 0 amide bonds. The lowest BCUT2D eigenvalue weighted by atomic mass is 10.1. The van der Waals surface area contributed by atoms with Crippen LogP contribution in [-0.4, -0.2) is 27.4 Å². The van der Waals surface area contributed by atoms with Gasteiger partial charge in [-0.3, -0.25) is 4.99 Å². The van der Waals surface area contributed by atoms with Crippen LogP contribution < -0.4 is 0 Å². The maximum absolute atomic E-state index is 10.3. The fourth-order valence-corrected chi connectivity index (χ4v) is 3.22. The van der Waals surface area contributed by atoms with Gasteiger partial charge in [-0.05, 0) is 24.1 Å². The van der Waals surface area contributed by atoms with Gasteiger partial charge in [-0.15, -0.1) is 0 Å². The number of nitrogens with zero attached hydrogens (tertiary/aromatic N) is 2. The topological polar surface area (TPSA) is 53.3 Å². The molecular formula is C20H19N3O. The van der Waals surface area contributed by atoms with E-state index in [0.717, 1.165) is 28.4 Å². The minimum Gasteiger partial charge on any atom is -0.494 e. The number of rotatable bonds is 4. The molecule has 0 spiro atoms. The number of aromatic nitrogens is 2. The van der Waals surface area contributed by atoms with Crippen molar-refractivity contribution in [3.8, 4) is 5.88 Å².